The van der Waals surface area contributed by atoms with Crippen LogP contribution >= 0.6 is 0 Å². The molecule has 168 valence electrons. The van der Waals surface area contributed by atoms with Crippen LogP contribution in [-0.4, -0.2) is 28.5 Å². The van der Waals surface area contributed by atoms with Gasteiger partial charge in [0.25, 0.3) is 0 Å². The van der Waals surface area contributed by atoms with Crippen molar-refractivity contribution in [3.63, 3.8) is 0 Å². The summed E-state index contributed by atoms with van der Waals surface area (Å²) in [6.07, 6.45) is 8.41. The quantitative estimate of drug-likeness (QED) is 0.619. The molecular weight excluding hydrogens is 416 g/mol. The molecule has 33 heavy (non-hydrogen) atoms. The Kier molecular flexibility index (Phi) is 6.45. The molecule has 1 unspecified atom stereocenters. The summed E-state index contributed by atoms with van der Waals surface area (Å²) in [6, 6.07) is 18.3. The van der Waals surface area contributed by atoms with Gasteiger partial charge in [-0.1, -0.05) is 61.5 Å². The van der Waals surface area contributed by atoms with Crippen molar-refractivity contribution in [3.8, 4) is 11.1 Å². The summed E-state index contributed by atoms with van der Waals surface area (Å²) >= 11 is 0. The molecule has 0 radical (unpaired) electrons. The van der Waals surface area contributed by atoms with E-state index in [9.17, 15) is 9.59 Å². The summed E-state index contributed by atoms with van der Waals surface area (Å²) in [5.74, 6) is -1.13. The number of fused-ring (bicyclic) bond motifs is 1. The molecule has 2 aromatic rings. The fraction of sp³-hybridized carbons (Fsp3) is 0.185. The molecular formula is C27H26N2O4. The molecule has 0 fully saturated rings. The molecule has 6 heteroatoms. The number of carbonyl (C=O) groups excluding carboxylic acids is 1. The lowest BCUT2D eigenvalue weighted by Gasteiger charge is -2.26. The van der Waals surface area contributed by atoms with E-state index in [4.69, 9.17) is 15.6 Å². The number of benzene rings is 2. The second-order valence-electron chi connectivity index (χ2n) is 7.93. The molecule has 4 rings (SSSR count). The van der Waals surface area contributed by atoms with Crippen LogP contribution in [0.2, 0.25) is 0 Å². The fourth-order valence-corrected chi connectivity index (χ4v) is 4.47. The zero-order chi connectivity index (χ0) is 23.4. The van der Waals surface area contributed by atoms with E-state index in [1.165, 1.54) is 0 Å². The van der Waals surface area contributed by atoms with Crippen LogP contribution in [0.25, 0.3) is 17.2 Å². The highest BCUT2D eigenvalue weighted by Gasteiger charge is 2.38. The number of primary amides is 1. The Balaban J connectivity index is 1.81. The first-order valence-electron chi connectivity index (χ1n) is 10.9. The minimum atomic E-state index is -1.06. The number of allylic oxidation sites excluding steroid dienone is 3. The van der Waals surface area contributed by atoms with Gasteiger partial charge in [0.15, 0.2) is 6.61 Å². The van der Waals surface area contributed by atoms with Gasteiger partial charge < -0.3 is 20.5 Å². The van der Waals surface area contributed by atoms with E-state index in [0.717, 1.165) is 34.4 Å². The average Bonchev–Trinajstić information content (AvgIpc) is 3.10. The van der Waals surface area contributed by atoms with Crippen molar-refractivity contribution in [1.82, 2.24) is 4.90 Å². The van der Waals surface area contributed by atoms with Crippen molar-refractivity contribution < 1.29 is 19.4 Å². The van der Waals surface area contributed by atoms with Gasteiger partial charge in [-0.3, -0.25) is 4.79 Å². The van der Waals surface area contributed by atoms with E-state index >= 15 is 0 Å². The van der Waals surface area contributed by atoms with Crippen molar-refractivity contribution >= 4 is 18.0 Å². The van der Waals surface area contributed by atoms with Gasteiger partial charge >= 0.3 is 5.97 Å². The molecule has 6 nitrogen and oxygen atoms in total. The monoisotopic (exact) mass is 442 g/mol. The predicted molar refractivity (Wildman–Crippen MR) is 127 cm³/mol. The van der Waals surface area contributed by atoms with E-state index < -0.39 is 18.5 Å². The molecule has 1 atom stereocenters. The molecule has 0 bridgehead atoms. The zero-order valence-corrected chi connectivity index (χ0v) is 18.4. The normalized spacial score (nSPS) is 18.3. The fourth-order valence-electron chi connectivity index (χ4n) is 4.47. The molecule has 2 aliphatic heterocycles. The third-order valence-corrected chi connectivity index (χ3v) is 5.79. The number of hydrogen-bond acceptors (Lipinski definition) is 4. The molecule has 2 heterocycles. The molecule has 0 spiro atoms. The van der Waals surface area contributed by atoms with Gasteiger partial charge in [0.1, 0.15) is 5.76 Å². The Hall–Kier alpha value is -4.06. The SMILES string of the molecule is CCC1C(CC(N)=O)=C2C(OCC(=O)O)=CC=CN2/C1=C\c1ccccc1-c1ccccc1. The van der Waals surface area contributed by atoms with Crippen LogP contribution in [0.4, 0.5) is 0 Å². The van der Waals surface area contributed by atoms with Gasteiger partial charge in [0.2, 0.25) is 5.91 Å². The first kappa shape index (κ1) is 22.1. The predicted octanol–water partition coefficient (Wildman–Crippen LogP) is 4.68. The van der Waals surface area contributed by atoms with Crippen LogP contribution in [0.1, 0.15) is 25.3 Å². The highest BCUT2D eigenvalue weighted by molar-refractivity contribution is 5.80. The summed E-state index contributed by atoms with van der Waals surface area (Å²) in [5.41, 5.74) is 11.4. The minimum absolute atomic E-state index is 0.0593. The summed E-state index contributed by atoms with van der Waals surface area (Å²) in [6.45, 7) is 1.60. The summed E-state index contributed by atoms with van der Waals surface area (Å²) in [5, 5.41) is 9.09. The lowest BCUT2D eigenvalue weighted by atomic mass is 9.90. The second kappa shape index (κ2) is 9.61. The van der Waals surface area contributed by atoms with E-state index in [0.29, 0.717) is 11.5 Å². The average molecular weight is 443 g/mol. The van der Waals surface area contributed by atoms with E-state index in [2.05, 4.69) is 37.3 Å². The molecule has 0 saturated carbocycles. The van der Waals surface area contributed by atoms with E-state index in [-0.39, 0.29) is 12.3 Å². The van der Waals surface area contributed by atoms with Crippen LogP contribution < -0.4 is 5.73 Å². The number of carboxylic acid groups (broad SMARTS) is 1. The maximum atomic E-state index is 11.9. The Labute approximate surface area is 193 Å². The number of nitrogens with zero attached hydrogens (tertiary/aromatic N) is 1. The Bertz CT molecular complexity index is 1190. The number of hydrogen-bond donors (Lipinski definition) is 2. The van der Waals surface area contributed by atoms with E-state index in [1.54, 1.807) is 6.08 Å². The second-order valence-corrected chi connectivity index (χ2v) is 7.93. The summed E-state index contributed by atoms with van der Waals surface area (Å²) < 4.78 is 5.59. The number of ether oxygens (including phenoxy) is 1. The first-order valence-corrected chi connectivity index (χ1v) is 10.9. The smallest absolute Gasteiger partial charge is 0.341 e. The largest absolute Gasteiger partial charge is 0.480 e. The first-order chi connectivity index (χ1) is 16.0. The third kappa shape index (κ3) is 4.60. The molecule has 2 aliphatic rings. The number of carboxylic acids is 1. The van der Waals surface area contributed by atoms with Crippen molar-refractivity contribution in [2.45, 2.75) is 19.8 Å². The lowest BCUT2D eigenvalue weighted by Crippen LogP contribution is -2.19. The summed E-state index contributed by atoms with van der Waals surface area (Å²) in [4.78, 5) is 25.0. The highest BCUT2D eigenvalue weighted by atomic mass is 16.5. The number of aliphatic carboxylic acids is 1. The van der Waals surface area contributed by atoms with Crippen molar-refractivity contribution in [2.75, 3.05) is 6.61 Å². The highest BCUT2D eigenvalue weighted by Crippen LogP contribution is 2.46. The van der Waals surface area contributed by atoms with Gasteiger partial charge in [-0.15, -0.1) is 0 Å². The third-order valence-electron chi connectivity index (χ3n) is 5.79. The van der Waals surface area contributed by atoms with Gasteiger partial charge in [-0.25, -0.2) is 4.79 Å². The maximum absolute atomic E-state index is 11.9. The molecule has 2 aromatic carbocycles. The van der Waals surface area contributed by atoms with Crippen LogP contribution in [0.5, 0.6) is 0 Å². The molecule has 0 aromatic heterocycles. The molecule has 1 amide bonds. The summed E-state index contributed by atoms with van der Waals surface area (Å²) in [7, 11) is 0. The van der Waals surface area contributed by atoms with Crippen LogP contribution in [0.15, 0.2) is 95.7 Å². The number of nitrogens with two attached hydrogens (primary N) is 1. The number of carbonyl (C=O) groups is 2. The molecule has 0 aliphatic carbocycles. The van der Waals surface area contributed by atoms with Gasteiger partial charge in [0, 0.05) is 17.8 Å². The molecule has 0 saturated heterocycles. The standard InChI is InChI=1S/C27H26N2O4/c1-2-20-22(16-25(28)30)27-24(33-17-26(31)32)13-8-14-29(27)23(20)15-19-11-6-7-12-21(19)18-9-4-3-5-10-18/h3-15,20H,2,16-17H2,1H3,(H2,28,30)(H,31,32)/b23-15-. The van der Waals surface area contributed by atoms with Crippen LogP contribution in [0, 0.1) is 5.92 Å². The minimum Gasteiger partial charge on any atom is -0.480 e. The Morgan fingerprint density at radius 3 is 2.55 bits per heavy atom. The van der Waals surface area contributed by atoms with Crippen molar-refractivity contribution in [3.05, 3.63) is 101 Å². The van der Waals surface area contributed by atoms with Crippen LogP contribution in [-0.2, 0) is 14.3 Å². The van der Waals surface area contributed by atoms with Gasteiger partial charge in [-0.05, 0) is 46.9 Å². The van der Waals surface area contributed by atoms with Crippen molar-refractivity contribution in [1.29, 1.82) is 0 Å². The number of amides is 1. The number of rotatable bonds is 8. The van der Waals surface area contributed by atoms with Crippen molar-refractivity contribution in [2.24, 2.45) is 11.7 Å². The zero-order valence-electron chi connectivity index (χ0n) is 18.4. The lowest BCUT2D eigenvalue weighted by molar-refractivity contribution is -0.140. The Morgan fingerprint density at radius 2 is 1.85 bits per heavy atom. The van der Waals surface area contributed by atoms with Gasteiger partial charge in [-0.2, -0.15) is 0 Å². The molecule has 3 N–H and O–H groups in total. The topological polar surface area (TPSA) is 92.9 Å². The van der Waals surface area contributed by atoms with Crippen LogP contribution in [0.3, 0.4) is 0 Å². The van der Waals surface area contributed by atoms with Gasteiger partial charge in [0.05, 0.1) is 12.1 Å². The maximum Gasteiger partial charge on any atom is 0.341 e. The Morgan fingerprint density at radius 1 is 1.12 bits per heavy atom. The van der Waals surface area contributed by atoms with E-state index in [1.807, 2.05) is 47.5 Å².